The topological polar surface area (TPSA) is 141 Å². The number of alkyl carbamates (subject to hydrolysis) is 1. The Morgan fingerprint density at radius 1 is 1.25 bits per heavy atom. The van der Waals surface area contributed by atoms with Gasteiger partial charge in [0.15, 0.2) is 5.69 Å². The minimum atomic E-state index is -0.808. The van der Waals surface area contributed by atoms with Crippen molar-refractivity contribution in [1.82, 2.24) is 25.7 Å². The summed E-state index contributed by atoms with van der Waals surface area (Å²) in [5.41, 5.74) is 0.185. The average Bonchev–Trinajstić information content (AvgIpc) is 3.02. The Bertz CT molecular complexity index is 844. The maximum Gasteiger partial charge on any atom is 0.408 e. The Balaban J connectivity index is 2.03. The van der Waals surface area contributed by atoms with E-state index in [1.54, 1.807) is 45.4 Å². The Labute approximate surface area is 187 Å². The summed E-state index contributed by atoms with van der Waals surface area (Å²) in [6.45, 7) is 9.07. The molecule has 0 saturated heterocycles. The molecule has 0 aromatic carbocycles. The lowest BCUT2D eigenvalue weighted by Crippen LogP contribution is -2.47. The van der Waals surface area contributed by atoms with Gasteiger partial charge < -0.3 is 25.4 Å². The third-order valence-electron chi connectivity index (χ3n) is 4.66. The second-order valence-corrected chi connectivity index (χ2v) is 8.59. The molecule has 178 valence electrons. The van der Waals surface area contributed by atoms with Crippen molar-refractivity contribution in [3.8, 4) is 0 Å². The van der Waals surface area contributed by atoms with Gasteiger partial charge in [0, 0.05) is 6.54 Å². The first-order valence-electron chi connectivity index (χ1n) is 10.8. The van der Waals surface area contributed by atoms with E-state index in [9.17, 15) is 19.2 Å². The number of rotatable bonds is 7. The van der Waals surface area contributed by atoms with Gasteiger partial charge in [-0.15, -0.1) is 0 Å². The van der Waals surface area contributed by atoms with Gasteiger partial charge in [0.05, 0.1) is 18.3 Å². The Morgan fingerprint density at radius 2 is 1.97 bits per heavy atom. The number of carbonyl (C=O) groups is 4. The van der Waals surface area contributed by atoms with Gasteiger partial charge in [0.2, 0.25) is 5.91 Å². The molecule has 3 amide bonds. The monoisotopic (exact) mass is 451 g/mol. The smallest absolute Gasteiger partial charge is 0.408 e. The highest BCUT2D eigenvalue weighted by atomic mass is 16.6. The van der Waals surface area contributed by atoms with Crippen molar-refractivity contribution in [2.75, 3.05) is 13.2 Å². The van der Waals surface area contributed by atoms with Crippen molar-refractivity contribution in [3.63, 3.8) is 0 Å². The third-order valence-corrected chi connectivity index (χ3v) is 4.66. The van der Waals surface area contributed by atoms with Crippen LogP contribution in [0.15, 0.2) is 6.07 Å². The lowest BCUT2D eigenvalue weighted by molar-refractivity contribution is -0.141. The third kappa shape index (κ3) is 7.54. The van der Waals surface area contributed by atoms with E-state index in [4.69, 9.17) is 9.47 Å². The van der Waals surface area contributed by atoms with Crippen LogP contribution in [0.5, 0.6) is 0 Å². The van der Waals surface area contributed by atoms with Gasteiger partial charge in [0.1, 0.15) is 18.2 Å². The van der Waals surface area contributed by atoms with Crippen LogP contribution in [0.2, 0.25) is 0 Å². The predicted octanol–water partition coefficient (Wildman–Crippen LogP) is 1.43. The highest BCUT2D eigenvalue weighted by Gasteiger charge is 2.27. The second kappa shape index (κ2) is 11.0. The van der Waals surface area contributed by atoms with E-state index >= 15 is 0 Å². The fraction of sp³-hybridized carbons (Fsp3) is 0.667. The van der Waals surface area contributed by atoms with Crippen LogP contribution < -0.4 is 16.0 Å². The molecule has 0 unspecified atom stereocenters. The van der Waals surface area contributed by atoms with Crippen molar-refractivity contribution in [2.24, 2.45) is 0 Å². The van der Waals surface area contributed by atoms with Crippen molar-refractivity contribution in [3.05, 3.63) is 17.5 Å². The first-order valence-corrected chi connectivity index (χ1v) is 10.8. The highest BCUT2D eigenvalue weighted by Crippen LogP contribution is 2.25. The highest BCUT2D eigenvalue weighted by molar-refractivity contribution is 5.94. The summed E-state index contributed by atoms with van der Waals surface area (Å²) in [6, 6.07) is 0.437. The van der Waals surface area contributed by atoms with Crippen molar-refractivity contribution in [1.29, 1.82) is 0 Å². The zero-order valence-electron chi connectivity index (χ0n) is 19.3. The summed E-state index contributed by atoms with van der Waals surface area (Å²) in [6.07, 6.45) is 1.70. The fourth-order valence-electron chi connectivity index (χ4n) is 3.21. The molecule has 2 rings (SSSR count). The molecule has 0 bridgehead atoms. The average molecular weight is 452 g/mol. The SMILES string of the molecule is CCOC(=O)CNC(=O)c1cc2n(n1)CCCC[C@@H]2NC(=O)[C@H](C)NC(=O)OC(C)(C)C. The number of nitrogens with zero attached hydrogens (tertiary/aromatic N) is 2. The Hall–Kier alpha value is -3.11. The molecule has 32 heavy (non-hydrogen) atoms. The maximum atomic E-state index is 12.7. The molecule has 11 nitrogen and oxygen atoms in total. The van der Waals surface area contributed by atoms with Crippen LogP contribution in [-0.4, -0.2) is 58.5 Å². The summed E-state index contributed by atoms with van der Waals surface area (Å²) in [4.78, 5) is 48.5. The number of nitrogens with one attached hydrogen (secondary N) is 3. The van der Waals surface area contributed by atoms with E-state index in [1.807, 2.05) is 0 Å². The van der Waals surface area contributed by atoms with Crippen LogP contribution in [0.1, 0.15) is 76.1 Å². The molecule has 0 saturated carbocycles. The molecule has 0 aliphatic carbocycles. The second-order valence-electron chi connectivity index (χ2n) is 8.59. The summed E-state index contributed by atoms with van der Waals surface area (Å²) in [5.74, 6) is -1.40. The number of hydrogen-bond donors (Lipinski definition) is 3. The van der Waals surface area contributed by atoms with Crippen LogP contribution in [0.3, 0.4) is 0 Å². The summed E-state index contributed by atoms with van der Waals surface area (Å²) < 4.78 is 11.7. The lowest BCUT2D eigenvalue weighted by Gasteiger charge is -2.23. The number of hydrogen-bond acceptors (Lipinski definition) is 7. The summed E-state index contributed by atoms with van der Waals surface area (Å²) in [5, 5.41) is 12.3. The van der Waals surface area contributed by atoms with Crippen LogP contribution in [0.25, 0.3) is 0 Å². The van der Waals surface area contributed by atoms with E-state index in [2.05, 4.69) is 21.0 Å². The van der Waals surface area contributed by atoms with E-state index in [0.29, 0.717) is 18.7 Å². The molecule has 2 atom stereocenters. The largest absolute Gasteiger partial charge is 0.465 e. The standard InChI is InChI=1S/C21H33N5O6/c1-6-31-17(27)12-22-19(29)15-11-16-14(9-7-8-10-26(16)25-15)24-18(28)13(2)23-20(30)32-21(3,4)5/h11,13-14H,6-10,12H2,1-5H3,(H,22,29)(H,23,30)(H,24,28)/t13-,14-/m0/s1. The molecular weight excluding hydrogens is 418 g/mol. The van der Waals surface area contributed by atoms with Crippen LogP contribution in [0.4, 0.5) is 4.79 Å². The van der Waals surface area contributed by atoms with Gasteiger partial charge in [-0.2, -0.15) is 5.10 Å². The molecule has 1 aliphatic heterocycles. The van der Waals surface area contributed by atoms with Crippen LogP contribution in [-0.2, 0) is 25.6 Å². The molecule has 1 aromatic heterocycles. The summed E-state index contributed by atoms with van der Waals surface area (Å²) >= 11 is 0. The molecule has 0 radical (unpaired) electrons. The first-order chi connectivity index (χ1) is 15.0. The Kier molecular flexibility index (Phi) is 8.62. The van der Waals surface area contributed by atoms with E-state index in [-0.39, 0.29) is 30.8 Å². The van der Waals surface area contributed by atoms with Gasteiger partial charge in [-0.05, 0) is 59.9 Å². The molecule has 11 heteroatoms. The number of ether oxygens (including phenoxy) is 2. The summed E-state index contributed by atoms with van der Waals surface area (Å²) in [7, 11) is 0. The zero-order chi connectivity index (χ0) is 23.9. The van der Waals surface area contributed by atoms with Crippen LogP contribution >= 0.6 is 0 Å². The fourth-order valence-corrected chi connectivity index (χ4v) is 3.21. The molecular formula is C21H33N5O6. The molecule has 2 heterocycles. The minimum absolute atomic E-state index is 0.158. The number of amides is 3. The quantitative estimate of drug-likeness (QED) is 0.533. The number of esters is 1. The van der Waals surface area contributed by atoms with E-state index in [0.717, 1.165) is 12.8 Å². The first kappa shape index (κ1) is 25.2. The van der Waals surface area contributed by atoms with Crippen molar-refractivity contribution >= 4 is 23.9 Å². The minimum Gasteiger partial charge on any atom is -0.465 e. The molecule has 1 aromatic rings. The van der Waals surface area contributed by atoms with Gasteiger partial charge in [0.25, 0.3) is 5.91 Å². The lowest BCUT2D eigenvalue weighted by atomic mass is 10.1. The normalized spacial score (nSPS) is 16.7. The van der Waals surface area contributed by atoms with Gasteiger partial charge in [-0.25, -0.2) is 4.79 Å². The van der Waals surface area contributed by atoms with Crippen LogP contribution in [0, 0.1) is 0 Å². The maximum absolute atomic E-state index is 12.7. The number of fused-ring (bicyclic) bond motifs is 1. The Morgan fingerprint density at radius 3 is 2.62 bits per heavy atom. The van der Waals surface area contributed by atoms with Crippen molar-refractivity contribution < 1.29 is 28.7 Å². The molecule has 0 fully saturated rings. The zero-order valence-corrected chi connectivity index (χ0v) is 19.3. The molecule has 1 aliphatic rings. The van der Waals surface area contributed by atoms with Gasteiger partial charge in [-0.3, -0.25) is 19.1 Å². The van der Waals surface area contributed by atoms with Gasteiger partial charge >= 0.3 is 12.1 Å². The predicted molar refractivity (Wildman–Crippen MR) is 115 cm³/mol. The number of aryl methyl sites for hydroxylation is 1. The van der Waals surface area contributed by atoms with Crippen molar-refractivity contribution in [2.45, 2.75) is 78.1 Å². The number of carbonyl (C=O) groups excluding carboxylic acids is 4. The molecule has 0 spiro atoms. The van der Waals surface area contributed by atoms with E-state index in [1.165, 1.54) is 0 Å². The molecule has 3 N–H and O–H groups in total. The number of aromatic nitrogens is 2. The van der Waals surface area contributed by atoms with E-state index < -0.39 is 29.6 Å². The van der Waals surface area contributed by atoms with Gasteiger partial charge in [-0.1, -0.05) is 0 Å².